The van der Waals surface area contributed by atoms with E-state index in [4.69, 9.17) is 0 Å². The van der Waals surface area contributed by atoms with Gasteiger partial charge in [-0.15, -0.1) is 0 Å². The highest BCUT2D eigenvalue weighted by Crippen LogP contribution is 2.29. The van der Waals surface area contributed by atoms with E-state index in [-0.39, 0.29) is 0 Å². The first-order valence-electron chi connectivity index (χ1n) is 4.68. The molecule has 1 aromatic heterocycles. The van der Waals surface area contributed by atoms with Crippen molar-refractivity contribution >= 4 is 29.5 Å². The summed E-state index contributed by atoms with van der Waals surface area (Å²) in [5.74, 6) is 2.18. The zero-order valence-corrected chi connectivity index (χ0v) is 8.54. The molecule has 0 aliphatic rings. The van der Waals surface area contributed by atoms with Crippen LogP contribution in [0, 0.1) is 0 Å². The predicted molar refractivity (Wildman–Crippen MR) is 64.0 cm³/mol. The summed E-state index contributed by atoms with van der Waals surface area (Å²) in [6.07, 6.45) is 0. The molecule has 0 spiro atoms. The van der Waals surface area contributed by atoms with E-state index in [1.165, 1.54) is 29.5 Å². The van der Waals surface area contributed by atoms with Crippen molar-refractivity contribution in [3.63, 3.8) is 0 Å². The van der Waals surface area contributed by atoms with E-state index in [0.717, 1.165) is 0 Å². The van der Waals surface area contributed by atoms with Crippen molar-refractivity contribution < 1.29 is 0 Å². The molecule has 66 valence electrons. The van der Waals surface area contributed by atoms with E-state index in [2.05, 4.69) is 54.3 Å². The zero-order valence-electron chi connectivity index (χ0n) is 7.64. The summed E-state index contributed by atoms with van der Waals surface area (Å²) >= 11 is 0. The Morgan fingerprint density at radius 3 is 2.57 bits per heavy atom. The van der Waals surface area contributed by atoms with Gasteiger partial charge >= 0.3 is 0 Å². The van der Waals surface area contributed by atoms with Gasteiger partial charge in [-0.3, -0.25) is 0 Å². The van der Waals surface area contributed by atoms with Crippen LogP contribution < -0.4 is 0 Å². The first-order chi connectivity index (χ1) is 6.95. The van der Waals surface area contributed by atoms with Gasteiger partial charge in [-0.25, -0.2) is 0 Å². The van der Waals surface area contributed by atoms with Crippen LogP contribution in [0.2, 0.25) is 0 Å². The van der Waals surface area contributed by atoms with Gasteiger partial charge in [0.25, 0.3) is 0 Å². The highest BCUT2D eigenvalue weighted by Gasteiger charge is 1.97. The molecule has 3 aromatic rings. The Bertz CT molecular complexity index is 544. The van der Waals surface area contributed by atoms with Crippen LogP contribution in [0.5, 0.6) is 0 Å². The standard InChI is InChI=1S/C13H9P/c1-2-5-11-10(4-1)7-8-13-12(11)6-3-9-14-13/h1-9H. The van der Waals surface area contributed by atoms with Crippen molar-refractivity contribution in [3.8, 4) is 0 Å². The molecule has 0 aliphatic carbocycles. The topological polar surface area (TPSA) is 0 Å². The van der Waals surface area contributed by atoms with Gasteiger partial charge in [0.2, 0.25) is 0 Å². The number of hydrogen-bond acceptors (Lipinski definition) is 0. The van der Waals surface area contributed by atoms with Crippen LogP contribution in [-0.2, 0) is 0 Å². The first kappa shape index (κ1) is 7.96. The van der Waals surface area contributed by atoms with E-state index in [1.807, 2.05) is 0 Å². The first-order valence-corrected chi connectivity index (χ1v) is 5.64. The normalized spacial score (nSPS) is 11.4. The van der Waals surface area contributed by atoms with Crippen LogP contribution in [0.1, 0.15) is 0 Å². The van der Waals surface area contributed by atoms with Crippen LogP contribution in [0.3, 0.4) is 0 Å². The van der Waals surface area contributed by atoms with E-state index < -0.39 is 0 Å². The number of benzene rings is 2. The van der Waals surface area contributed by atoms with Crippen molar-refractivity contribution in [1.29, 1.82) is 0 Å². The van der Waals surface area contributed by atoms with E-state index in [9.17, 15) is 0 Å². The number of fused-ring (bicyclic) bond motifs is 3. The number of hydrogen-bond donors (Lipinski definition) is 0. The Balaban J connectivity index is 2.61. The van der Waals surface area contributed by atoms with Crippen molar-refractivity contribution in [2.75, 3.05) is 0 Å². The molecule has 0 N–H and O–H groups in total. The highest BCUT2D eigenvalue weighted by molar-refractivity contribution is 7.36. The average Bonchev–Trinajstić information content (AvgIpc) is 2.29. The fourth-order valence-corrected chi connectivity index (χ4v) is 2.66. The Hall–Kier alpha value is -1.39. The lowest BCUT2D eigenvalue weighted by atomic mass is 10.1. The number of rotatable bonds is 0. The van der Waals surface area contributed by atoms with Gasteiger partial charge in [0.1, 0.15) is 0 Å². The second-order valence-electron chi connectivity index (χ2n) is 3.36. The summed E-state index contributed by atoms with van der Waals surface area (Å²) in [4.78, 5) is 0. The quantitative estimate of drug-likeness (QED) is 0.462. The molecule has 2 aromatic carbocycles. The third-order valence-corrected chi connectivity index (χ3v) is 3.50. The van der Waals surface area contributed by atoms with Gasteiger partial charge in [-0.2, -0.15) is 0 Å². The molecule has 0 bridgehead atoms. The molecular formula is C13H9P. The van der Waals surface area contributed by atoms with Gasteiger partial charge in [0, 0.05) is 5.12 Å². The molecule has 0 fully saturated rings. The lowest BCUT2D eigenvalue weighted by molar-refractivity contribution is 1.81. The second-order valence-corrected chi connectivity index (χ2v) is 4.39. The molecule has 0 unspecified atom stereocenters. The molecule has 0 atom stereocenters. The van der Waals surface area contributed by atoms with Crippen molar-refractivity contribution in [3.05, 3.63) is 54.3 Å². The van der Waals surface area contributed by atoms with Crippen molar-refractivity contribution in [1.82, 2.24) is 0 Å². The summed E-state index contributed by atoms with van der Waals surface area (Å²) in [5, 5.41) is 5.48. The minimum atomic E-state index is 1.31. The average molecular weight is 196 g/mol. The van der Waals surface area contributed by atoms with E-state index in [1.54, 1.807) is 0 Å². The second kappa shape index (κ2) is 3.08. The fourth-order valence-electron chi connectivity index (χ4n) is 1.83. The molecule has 0 nitrogen and oxygen atoms in total. The molecule has 0 saturated carbocycles. The molecule has 1 heteroatoms. The lowest BCUT2D eigenvalue weighted by Crippen LogP contribution is -1.73. The Kier molecular flexibility index (Phi) is 1.75. The maximum absolute atomic E-state index is 2.22. The molecule has 3 rings (SSSR count). The summed E-state index contributed by atoms with van der Waals surface area (Å²) < 4.78 is 0. The predicted octanol–water partition coefficient (Wildman–Crippen LogP) is 4.57. The summed E-state index contributed by atoms with van der Waals surface area (Å²) in [6, 6.07) is 17.3. The molecule has 1 heterocycles. The molecule has 0 aliphatic heterocycles. The Labute approximate surface area is 84.3 Å². The zero-order chi connectivity index (χ0) is 9.38. The molecule has 0 amide bonds. The van der Waals surface area contributed by atoms with Crippen molar-refractivity contribution in [2.45, 2.75) is 0 Å². The molecule has 14 heavy (non-hydrogen) atoms. The maximum Gasteiger partial charge on any atom is 0.00966 e. The minimum Gasteiger partial charge on any atom is -0.0678 e. The SMILES string of the molecule is c1ccc2c(c1)ccc1pcccc12. The molecule has 0 saturated heterocycles. The smallest absolute Gasteiger partial charge is 0.00966 e. The van der Waals surface area contributed by atoms with E-state index in [0.29, 0.717) is 0 Å². The minimum absolute atomic E-state index is 1.31. The molecule has 0 radical (unpaired) electrons. The maximum atomic E-state index is 2.22. The third-order valence-electron chi connectivity index (χ3n) is 2.51. The highest BCUT2D eigenvalue weighted by atomic mass is 31.0. The van der Waals surface area contributed by atoms with Crippen molar-refractivity contribution in [2.24, 2.45) is 0 Å². The fraction of sp³-hybridized carbons (Fsp3) is 0. The van der Waals surface area contributed by atoms with Gasteiger partial charge in [0.05, 0.1) is 0 Å². The van der Waals surface area contributed by atoms with Crippen LogP contribution in [0.15, 0.2) is 54.3 Å². The van der Waals surface area contributed by atoms with Crippen LogP contribution in [0.25, 0.3) is 21.3 Å². The summed E-state index contributed by atoms with van der Waals surface area (Å²) in [6.45, 7) is 0. The van der Waals surface area contributed by atoms with Crippen LogP contribution in [-0.4, -0.2) is 0 Å². The lowest BCUT2D eigenvalue weighted by Gasteiger charge is -2.01. The van der Waals surface area contributed by atoms with Gasteiger partial charge in [-0.05, 0) is 28.0 Å². The van der Waals surface area contributed by atoms with Gasteiger partial charge in [-0.1, -0.05) is 50.7 Å². The summed E-state index contributed by atoms with van der Waals surface area (Å²) in [7, 11) is 1.31. The monoisotopic (exact) mass is 196 g/mol. The Morgan fingerprint density at radius 2 is 1.57 bits per heavy atom. The Morgan fingerprint density at radius 1 is 0.714 bits per heavy atom. The van der Waals surface area contributed by atoms with Gasteiger partial charge < -0.3 is 0 Å². The molecular weight excluding hydrogens is 187 g/mol. The van der Waals surface area contributed by atoms with Crippen LogP contribution in [0.4, 0.5) is 0 Å². The van der Waals surface area contributed by atoms with E-state index >= 15 is 0 Å². The largest absolute Gasteiger partial charge is 0.0678 e. The summed E-state index contributed by atoms with van der Waals surface area (Å²) in [5.41, 5.74) is 0. The third kappa shape index (κ3) is 1.12. The van der Waals surface area contributed by atoms with Crippen LogP contribution >= 0.6 is 8.19 Å². The van der Waals surface area contributed by atoms with Gasteiger partial charge in [0.15, 0.2) is 0 Å².